The minimum atomic E-state index is -0.0751. The molecule has 0 rings (SSSR count). The molecule has 0 aliphatic carbocycles. The summed E-state index contributed by atoms with van der Waals surface area (Å²) in [6, 6.07) is 0. The van der Waals surface area contributed by atoms with Crippen molar-refractivity contribution in [2.45, 2.75) is 60.8 Å². The molecule has 0 unspecified atom stereocenters. The highest BCUT2D eigenvalue weighted by atomic mass is 16.2. The lowest BCUT2D eigenvalue weighted by Gasteiger charge is -2.28. The molecule has 4 heteroatoms. The van der Waals surface area contributed by atoms with E-state index in [9.17, 15) is 9.59 Å². The number of carbonyl (C=O) groups is 2. The Kier molecular flexibility index (Phi) is 11.0. The third kappa shape index (κ3) is 11.5. The second-order valence-corrected chi connectivity index (χ2v) is 9.03. The maximum Gasteiger partial charge on any atom is 0.246 e. The van der Waals surface area contributed by atoms with E-state index in [1.165, 1.54) is 6.08 Å². The Bertz CT molecular complexity index is 527. The van der Waals surface area contributed by atoms with Crippen LogP contribution in [0.25, 0.3) is 0 Å². The average molecular weight is 377 g/mol. The number of carbonyl (C=O) groups excluding carboxylic acids is 2. The zero-order valence-corrected chi connectivity index (χ0v) is 18.4. The van der Waals surface area contributed by atoms with Crippen molar-refractivity contribution in [3.63, 3.8) is 0 Å². The number of amides is 2. The summed E-state index contributed by atoms with van der Waals surface area (Å²) in [5, 5.41) is 0. The van der Waals surface area contributed by atoms with E-state index in [0.717, 1.165) is 32.4 Å². The molecule has 0 aromatic carbocycles. The van der Waals surface area contributed by atoms with Crippen LogP contribution in [0.5, 0.6) is 0 Å². The van der Waals surface area contributed by atoms with Crippen LogP contribution in [0.4, 0.5) is 0 Å². The maximum atomic E-state index is 12.4. The normalized spacial score (nSPS) is 12.1. The molecule has 0 N–H and O–H groups in total. The molecule has 0 aromatic heterocycles. The highest BCUT2D eigenvalue weighted by Crippen LogP contribution is 2.26. The molecule has 0 aliphatic heterocycles. The number of nitrogens with zero attached hydrogens (tertiary/aromatic N) is 2. The monoisotopic (exact) mass is 376 g/mol. The van der Waals surface area contributed by atoms with Gasteiger partial charge in [-0.25, -0.2) is 0 Å². The molecule has 0 fully saturated rings. The summed E-state index contributed by atoms with van der Waals surface area (Å²) in [5.41, 5.74) is 0.222. The molecular formula is C23H40N2O2. The third-order valence-electron chi connectivity index (χ3n) is 4.65. The van der Waals surface area contributed by atoms with E-state index in [0.29, 0.717) is 13.1 Å². The molecule has 0 spiro atoms. The van der Waals surface area contributed by atoms with Crippen molar-refractivity contribution in [1.29, 1.82) is 0 Å². The first-order valence-electron chi connectivity index (χ1n) is 9.93. The van der Waals surface area contributed by atoms with E-state index in [1.54, 1.807) is 17.1 Å². The largest absolute Gasteiger partial charge is 0.339 e. The van der Waals surface area contributed by atoms with E-state index >= 15 is 0 Å². The van der Waals surface area contributed by atoms with Gasteiger partial charge in [0.25, 0.3) is 0 Å². The highest BCUT2D eigenvalue weighted by molar-refractivity contribution is 5.87. The van der Waals surface area contributed by atoms with Crippen LogP contribution in [-0.2, 0) is 9.59 Å². The summed E-state index contributed by atoms with van der Waals surface area (Å²) in [6.45, 7) is 22.8. The van der Waals surface area contributed by atoms with Crippen molar-refractivity contribution in [1.82, 2.24) is 9.80 Å². The van der Waals surface area contributed by atoms with Crippen LogP contribution < -0.4 is 0 Å². The number of hydrogen-bond donors (Lipinski definition) is 0. The zero-order valence-electron chi connectivity index (χ0n) is 18.4. The molecule has 0 saturated carbocycles. The van der Waals surface area contributed by atoms with Crippen molar-refractivity contribution in [2.24, 2.45) is 10.8 Å². The lowest BCUT2D eigenvalue weighted by Crippen LogP contribution is -2.33. The van der Waals surface area contributed by atoms with Crippen molar-refractivity contribution in [3.05, 3.63) is 37.5 Å². The number of hydrogen-bond acceptors (Lipinski definition) is 2. The molecule has 4 nitrogen and oxygen atoms in total. The third-order valence-corrected chi connectivity index (χ3v) is 4.65. The number of rotatable bonds is 12. The van der Waals surface area contributed by atoms with Gasteiger partial charge in [-0.05, 0) is 49.2 Å². The van der Waals surface area contributed by atoms with Gasteiger partial charge >= 0.3 is 0 Å². The summed E-state index contributed by atoms with van der Waals surface area (Å²) in [6.07, 6.45) is 9.36. The van der Waals surface area contributed by atoms with Crippen LogP contribution in [0.15, 0.2) is 37.5 Å². The van der Waals surface area contributed by atoms with Crippen LogP contribution in [0.1, 0.15) is 60.8 Å². The molecule has 0 atom stereocenters. The highest BCUT2D eigenvalue weighted by Gasteiger charge is 2.20. The number of allylic oxidation sites excluding steroid dienone is 1. The Morgan fingerprint density at radius 3 is 2.00 bits per heavy atom. The molecule has 0 radical (unpaired) electrons. The van der Waals surface area contributed by atoms with Crippen LogP contribution in [0.2, 0.25) is 0 Å². The van der Waals surface area contributed by atoms with Gasteiger partial charge in [-0.15, -0.1) is 6.58 Å². The fourth-order valence-corrected chi connectivity index (χ4v) is 2.59. The van der Waals surface area contributed by atoms with Crippen LogP contribution in [-0.4, -0.2) is 47.8 Å². The fourth-order valence-electron chi connectivity index (χ4n) is 2.59. The average Bonchev–Trinajstić information content (AvgIpc) is 2.57. The predicted octanol–water partition coefficient (Wildman–Crippen LogP) is 4.83. The van der Waals surface area contributed by atoms with Gasteiger partial charge in [-0.3, -0.25) is 9.59 Å². The second-order valence-electron chi connectivity index (χ2n) is 9.03. The van der Waals surface area contributed by atoms with Gasteiger partial charge in [0.05, 0.1) is 0 Å². The summed E-state index contributed by atoms with van der Waals surface area (Å²) < 4.78 is 0. The molecule has 0 heterocycles. The molecule has 2 amide bonds. The minimum Gasteiger partial charge on any atom is -0.339 e. The fraction of sp³-hybridized carbons (Fsp3) is 0.652. The summed E-state index contributed by atoms with van der Waals surface area (Å²) in [4.78, 5) is 27.9. The van der Waals surface area contributed by atoms with Gasteiger partial charge in [0.15, 0.2) is 0 Å². The van der Waals surface area contributed by atoms with Gasteiger partial charge in [0.2, 0.25) is 11.8 Å². The van der Waals surface area contributed by atoms with Crippen molar-refractivity contribution in [2.75, 3.05) is 26.2 Å². The lowest BCUT2D eigenvalue weighted by molar-refractivity contribution is -0.126. The van der Waals surface area contributed by atoms with Crippen LogP contribution >= 0.6 is 0 Å². The standard InChI is InChI=1S/C23H40N2O2/c1-9-17-25(20(26)10-2)19-16-23(7,8)14-12-13-21(27)24(11-3)18-15-22(4,5)6/h9-10,12-13H,1-2,11,14-19H2,3-8H3/b13-12+. The Hall–Kier alpha value is -1.84. The lowest BCUT2D eigenvalue weighted by atomic mass is 9.85. The van der Waals surface area contributed by atoms with Gasteiger partial charge < -0.3 is 9.80 Å². The van der Waals surface area contributed by atoms with E-state index in [1.807, 2.05) is 17.9 Å². The SMILES string of the molecule is C=CCN(CCC(C)(C)C/C=C/C(=O)N(CC)CCC(C)(C)C)C(=O)C=C. The van der Waals surface area contributed by atoms with Crippen LogP contribution in [0.3, 0.4) is 0 Å². The summed E-state index contributed by atoms with van der Waals surface area (Å²) >= 11 is 0. The van der Waals surface area contributed by atoms with Gasteiger partial charge in [-0.2, -0.15) is 0 Å². The molecule has 0 aromatic rings. The van der Waals surface area contributed by atoms with Crippen molar-refractivity contribution in [3.8, 4) is 0 Å². The van der Waals surface area contributed by atoms with Gasteiger partial charge in [-0.1, -0.05) is 53.3 Å². The molecule has 0 saturated heterocycles. The molecule has 27 heavy (non-hydrogen) atoms. The Balaban J connectivity index is 4.62. The Labute approximate surface area is 167 Å². The second kappa shape index (κ2) is 11.8. The smallest absolute Gasteiger partial charge is 0.246 e. The van der Waals surface area contributed by atoms with Crippen LogP contribution in [0, 0.1) is 10.8 Å². The summed E-state index contributed by atoms with van der Waals surface area (Å²) in [7, 11) is 0. The molecule has 0 aliphatic rings. The van der Waals surface area contributed by atoms with E-state index in [4.69, 9.17) is 0 Å². The van der Waals surface area contributed by atoms with E-state index in [2.05, 4.69) is 47.8 Å². The van der Waals surface area contributed by atoms with Crippen molar-refractivity contribution >= 4 is 11.8 Å². The first-order chi connectivity index (χ1) is 12.5. The predicted molar refractivity (Wildman–Crippen MR) is 115 cm³/mol. The molecular weight excluding hydrogens is 336 g/mol. The Morgan fingerprint density at radius 1 is 0.926 bits per heavy atom. The molecule has 0 bridgehead atoms. The Morgan fingerprint density at radius 2 is 1.52 bits per heavy atom. The van der Waals surface area contributed by atoms with Gasteiger partial charge in [0, 0.05) is 26.2 Å². The quantitative estimate of drug-likeness (QED) is 0.361. The van der Waals surface area contributed by atoms with E-state index < -0.39 is 0 Å². The minimum absolute atomic E-state index is 0.000103. The summed E-state index contributed by atoms with van der Waals surface area (Å²) in [5.74, 6) is 0.00141. The van der Waals surface area contributed by atoms with Crippen molar-refractivity contribution < 1.29 is 9.59 Å². The first kappa shape index (κ1) is 25.2. The van der Waals surface area contributed by atoms with E-state index in [-0.39, 0.29) is 22.6 Å². The number of likely N-dealkylation sites (N-methyl/N-ethyl adjacent to an activating group) is 1. The topological polar surface area (TPSA) is 40.6 Å². The van der Waals surface area contributed by atoms with Gasteiger partial charge in [0.1, 0.15) is 0 Å². The maximum absolute atomic E-state index is 12.4. The first-order valence-corrected chi connectivity index (χ1v) is 9.93. The zero-order chi connectivity index (χ0) is 21.1. The molecule has 154 valence electrons.